The topological polar surface area (TPSA) is 53.6 Å². The number of H-pyrrole nitrogens is 1. The van der Waals surface area contributed by atoms with E-state index in [1.165, 1.54) is 19.3 Å². The molecule has 15 heavy (non-hydrogen) atoms. The predicted molar refractivity (Wildman–Crippen MR) is 59.7 cm³/mol. The summed E-state index contributed by atoms with van der Waals surface area (Å²) in [6.07, 6.45) is 3.96. The van der Waals surface area contributed by atoms with Crippen molar-refractivity contribution in [2.45, 2.75) is 58.0 Å². The largest absolute Gasteiger partial charge is 0.305 e. The van der Waals surface area contributed by atoms with E-state index in [4.69, 9.17) is 0 Å². The van der Waals surface area contributed by atoms with E-state index in [1.807, 2.05) is 0 Å². The van der Waals surface area contributed by atoms with Gasteiger partial charge in [-0.2, -0.15) is 5.10 Å². The maximum absolute atomic E-state index is 4.49. The number of hydrogen-bond acceptors (Lipinski definition) is 3. The van der Waals surface area contributed by atoms with E-state index in [0.29, 0.717) is 12.0 Å². The molecule has 4 heteroatoms. The van der Waals surface area contributed by atoms with Gasteiger partial charge < -0.3 is 5.32 Å². The summed E-state index contributed by atoms with van der Waals surface area (Å²) in [5.41, 5.74) is 0. The average Bonchev–Trinajstić information content (AvgIpc) is 2.59. The first-order valence-corrected chi connectivity index (χ1v) is 5.85. The fourth-order valence-corrected chi connectivity index (χ4v) is 1.75. The van der Waals surface area contributed by atoms with Crippen molar-refractivity contribution in [1.29, 1.82) is 0 Å². The Balaban J connectivity index is 1.95. The van der Waals surface area contributed by atoms with Gasteiger partial charge in [0.25, 0.3) is 0 Å². The molecule has 84 valence electrons. The molecule has 1 aromatic heterocycles. The van der Waals surface area contributed by atoms with Crippen LogP contribution in [0.25, 0.3) is 0 Å². The zero-order chi connectivity index (χ0) is 10.8. The second-order valence-corrected chi connectivity index (χ2v) is 4.75. The van der Waals surface area contributed by atoms with Crippen molar-refractivity contribution in [3.05, 3.63) is 11.6 Å². The quantitative estimate of drug-likeness (QED) is 0.797. The summed E-state index contributed by atoms with van der Waals surface area (Å²) in [7, 11) is 0. The molecule has 0 bridgehead atoms. The van der Waals surface area contributed by atoms with E-state index in [1.54, 1.807) is 0 Å². The van der Waals surface area contributed by atoms with Crippen molar-refractivity contribution in [1.82, 2.24) is 20.5 Å². The minimum Gasteiger partial charge on any atom is -0.305 e. The molecule has 1 fully saturated rings. The van der Waals surface area contributed by atoms with Crippen LogP contribution in [0, 0.1) is 0 Å². The fourth-order valence-electron chi connectivity index (χ4n) is 1.75. The summed E-state index contributed by atoms with van der Waals surface area (Å²) in [5, 5.41) is 10.8. The van der Waals surface area contributed by atoms with Gasteiger partial charge in [-0.05, 0) is 19.8 Å². The van der Waals surface area contributed by atoms with Gasteiger partial charge >= 0.3 is 0 Å². The molecule has 2 rings (SSSR count). The van der Waals surface area contributed by atoms with Crippen LogP contribution in [0.15, 0.2) is 0 Å². The molecule has 1 heterocycles. The summed E-state index contributed by atoms with van der Waals surface area (Å²) in [5.74, 6) is 2.27. The Bertz CT molecular complexity index is 314. The van der Waals surface area contributed by atoms with Gasteiger partial charge in [0.15, 0.2) is 5.82 Å². The maximum atomic E-state index is 4.49. The molecule has 0 aliphatic heterocycles. The first-order valence-electron chi connectivity index (χ1n) is 5.85. The average molecular weight is 208 g/mol. The minimum atomic E-state index is 0.287. The first-order chi connectivity index (χ1) is 7.16. The van der Waals surface area contributed by atoms with Crippen molar-refractivity contribution >= 4 is 0 Å². The minimum absolute atomic E-state index is 0.287. The monoisotopic (exact) mass is 208 g/mol. The summed E-state index contributed by atoms with van der Waals surface area (Å²) in [6, 6.07) is 0.975. The van der Waals surface area contributed by atoms with Gasteiger partial charge in [-0.25, -0.2) is 4.98 Å². The third-order valence-electron chi connectivity index (χ3n) is 3.04. The maximum Gasteiger partial charge on any atom is 0.153 e. The zero-order valence-corrected chi connectivity index (χ0v) is 9.75. The molecule has 0 aromatic carbocycles. The number of aromatic amines is 1. The SMILES string of the molecule is CC(C)c1n[nH]c(C(C)NC2CCC2)n1. The molecule has 1 aliphatic carbocycles. The molecule has 0 saturated heterocycles. The lowest BCUT2D eigenvalue weighted by atomic mass is 9.92. The highest BCUT2D eigenvalue weighted by Gasteiger charge is 2.21. The third kappa shape index (κ3) is 2.37. The zero-order valence-electron chi connectivity index (χ0n) is 9.75. The van der Waals surface area contributed by atoms with Crippen LogP contribution in [-0.4, -0.2) is 21.2 Å². The van der Waals surface area contributed by atoms with Crippen LogP contribution in [0.1, 0.15) is 63.6 Å². The number of nitrogens with zero attached hydrogens (tertiary/aromatic N) is 2. The third-order valence-corrected chi connectivity index (χ3v) is 3.04. The van der Waals surface area contributed by atoms with Gasteiger partial charge in [0.2, 0.25) is 0 Å². The van der Waals surface area contributed by atoms with E-state index in [2.05, 4.69) is 41.3 Å². The Labute approximate surface area is 90.9 Å². The van der Waals surface area contributed by atoms with Crippen LogP contribution >= 0.6 is 0 Å². The molecule has 0 radical (unpaired) electrons. The van der Waals surface area contributed by atoms with Crippen LogP contribution in [0.3, 0.4) is 0 Å². The van der Waals surface area contributed by atoms with Crippen molar-refractivity contribution in [3.63, 3.8) is 0 Å². The highest BCUT2D eigenvalue weighted by Crippen LogP contribution is 2.21. The number of hydrogen-bond donors (Lipinski definition) is 2. The molecular formula is C11H20N4. The second-order valence-electron chi connectivity index (χ2n) is 4.75. The van der Waals surface area contributed by atoms with Crippen LogP contribution in [-0.2, 0) is 0 Å². The van der Waals surface area contributed by atoms with E-state index in [9.17, 15) is 0 Å². The van der Waals surface area contributed by atoms with Gasteiger partial charge in [-0.3, -0.25) is 5.10 Å². The molecule has 1 aliphatic rings. The lowest BCUT2D eigenvalue weighted by molar-refractivity contribution is 0.308. The molecular weight excluding hydrogens is 188 g/mol. The highest BCUT2D eigenvalue weighted by atomic mass is 15.2. The fraction of sp³-hybridized carbons (Fsp3) is 0.818. The van der Waals surface area contributed by atoms with Gasteiger partial charge in [0.05, 0.1) is 6.04 Å². The van der Waals surface area contributed by atoms with E-state index in [-0.39, 0.29) is 6.04 Å². The second kappa shape index (κ2) is 4.31. The Morgan fingerprint density at radius 1 is 1.33 bits per heavy atom. The normalized spacial score (nSPS) is 19.2. The number of rotatable bonds is 4. The lowest BCUT2D eigenvalue weighted by Crippen LogP contribution is -2.37. The van der Waals surface area contributed by atoms with E-state index >= 15 is 0 Å². The predicted octanol–water partition coefficient (Wildman–Crippen LogP) is 2.13. The Morgan fingerprint density at radius 2 is 2.07 bits per heavy atom. The first kappa shape index (κ1) is 10.6. The van der Waals surface area contributed by atoms with Crippen molar-refractivity contribution in [2.24, 2.45) is 0 Å². The molecule has 1 saturated carbocycles. The Morgan fingerprint density at radius 3 is 2.53 bits per heavy atom. The van der Waals surface area contributed by atoms with Crippen LogP contribution in [0.2, 0.25) is 0 Å². The van der Waals surface area contributed by atoms with Gasteiger partial charge in [0, 0.05) is 12.0 Å². The van der Waals surface area contributed by atoms with Crippen molar-refractivity contribution in [3.8, 4) is 0 Å². The molecule has 1 unspecified atom stereocenters. The van der Waals surface area contributed by atoms with Gasteiger partial charge in [0.1, 0.15) is 5.82 Å². The smallest absolute Gasteiger partial charge is 0.153 e. The molecule has 0 spiro atoms. The Kier molecular flexibility index (Phi) is 3.05. The number of nitrogens with one attached hydrogen (secondary N) is 2. The van der Waals surface area contributed by atoms with Crippen molar-refractivity contribution < 1.29 is 0 Å². The molecule has 4 nitrogen and oxygen atoms in total. The molecule has 1 aromatic rings. The standard InChI is InChI=1S/C11H20N4/c1-7(2)10-13-11(15-14-10)8(3)12-9-5-4-6-9/h7-9,12H,4-6H2,1-3H3,(H,13,14,15). The van der Waals surface area contributed by atoms with Crippen LogP contribution in [0.5, 0.6) is 0 Å². The summed E-state index contributed by atoms with van der Waals surface area (Å²) in [4.78, 5) is 4.49. The van der Waals surface area contributed by atoms with Crippen molar-refractivity contribution in [2.75, 3.05) is 0 Å². The molecule has 2 N–H and O–H groups in total. The molecule has 1 atom stereocenters. The van der Waals surface area contributed by atoms with Gasteiger partial charge in [-0.15, -0.1) is 0 Å². The lowest BCUT2D eigenvalue weighted by Gasteiger charge is -2.29. The van der Waals surface area contributed by atoms with E-state index < -0.39 is 0 Å². The number of aromatic nitrogens is 3. The summed E-state index contributed by atoms with van der Waals surface area (Å²) < 4.78 is 0. The van der Waals surface area contributed by atoms with E-state index in [0.717, 1.165) is 11.6 Å². The van der Waals surface area contributed by atoms with Crippen LogP contribution in [0.4, 0.5) is 0 Å². The van der Waals surface area contributed by atoms with Crippen LogP contribution < -0.4 is 5.32 Å². The molecule has 0 amide bonds. The van der Waals surface area contributed by atoms with Gasteiger partial charge in [-0.1, -0.05) is 20.3 Å². The summed E-state index contributed by atoms with van der Waals surface area (Å²) >= 11 is 0. The summed E-state index contributed by atoms with van der Waals surface area (Å²) in [6.45, 7) is 6.36. The highest BCUT2D eigenvalue weighted by molar-refractivity contribution is 4.99. The Hall–Kier alpha value is -0.900.